The van der Waals surface area contributed by atoms with Crippen molar-refractivity contribution in [3.63, 3.8) is 0 Å². The first-order valence-electron chi connectivity index (χ1n) is 9.41. The van der Waals surface area contributed by atoms with Crippen LogP contribution in [0.1, 0.15) is 37.1 Å². The molecule has 2 aliphatic heterocycles. The lowest BCUT2D eigenvalue weighted by Crippen LogP contribution is -2.47. The summed E-state index contributed by atoms with van der Waals surface area (Å²) in [6.07, 6.45) is 6.11. The number of allylic oxidation sites excluding steroid dienone is 1. The minimum atomic E-state index is -0.436. The second kappa shape index (κ2) is 6.67. The average Bonchev–Trinajstić information content (AvgIpc) is 3.42. The third kappa shape index (κ3) is 2.63. The van der Waals surface area contributed by atoms with Gasteiger partial charge in [0.1, 0.15) is 0 Å². The number of aliphatic hydroxyl groups excluding tert-OH is 1. The maximum atomic E-state index is 12.9. The fourth-order valence-electron chi connectivity index (χ4n) is 4.80. The lowest BCUT2D eigenvalue weighted by atomic mass is 9.87. The summed E-state index contributed by atoms with van der Waals surface area (Å²) in [6.45, 7) is 3.25. The van der Waals surface area contributed by atoms with Crippen LogP contribution in [-0.2, 0) is 16.1 Å². The normalized spacial score (nSPS) is 30.6. The van der Waals surface area contributed by atoms with Gasteiger partial charge < -0.3 is 14.4 Å². The molecule has 1 saturated heterocycles. The second-order valence-electron chi connectivity index (χ2n) is 7.68. The van der Waals surface area contributed by atoms with E-state index >= 15 is 0 Å². The van der Waals surface area contributed by atoms with Gasteiger partial charge in [0.05, 0.1) is 19.1 Å². The molecule has 2 bridgehead atoms. The molecule has 0 unspecified atom stereocenters. The lowest BCUT2D eigenvalue weighted by molar-refractivity contribution is -0.148. The van der Waals surface area contributed by atoms with E-state index in [9.17, 15) is 14.7 Å². The molecule has 0 radical (unpaired) electrons. The Morgan fingerprint density at radius 3 is 2.77 bits per heavy atom. The number of aromatic nitrogens is 1. The van der Waals surface area contributed by atoms with E-state index < -0.39 is 5.92 Å². The van der Waals surface area contributed by atoms with Gasteiger partial charge >= 0.3 is 5.97 Å². The smallest absolute Gasteiger partial charge is 0.311 e. The van der Waals surface area contributed by atoms with Crippen molar-refractivity contribution in [1.82, 2.24) is 9.47 Å². The molecule has 4 rings (SSSR count). The Labute approximate surface area is 153 Å². The molecule has 4 atom stereocenters. The molecule has 1 saturated carbocycles. The van der Waals surface area contributed by atoms with Crippen LogP contribution in [0.2, 0.25) is 0 Å². The average molecular weight is 358 g/mol. The van der Waals surface area contributed by atoms with Crippen LogP contribution in [0.15, 0.2) is 23.0 Å². The van der Waals surface area contributed by atoms with E-state index in [1.165, 1.54) is 20.0 Å². The molecule has 140 valence electrons. The van der Waals surface area contributed by atoms with Crippen molar-refractivity contribution in [2.45, 2.75) is 38.4 Å². The molecule has 2 fully saturated rings. The monoisotopic (exact) mass is 358 g/mol. The van der Waals surface area contributed by atoms with Gasteiger partial charge in [-0.25, -0.2) is 0 Å². The molecule has 1 aromatic heterocycles. The third-order valence-electron chi connectivity index (χ3n) is 6.19. The lowest BCUT2D eigenvalue weighted by Gasteiger charge is -2.38. The van der Waals surface area contributed by atoms with Crippen molar-refractivity contribution >= 4 is 12.0 Å². The molecule has 3 aliphatic rings. The Hall–Kier alpha value is -1.92. The van der Waals surface area contributed by atoms with E-state index in [2.05, 4.69) is 4.90 Å². The molecule has 26 heavy (non-hydrogen) atoms. The summed E-state index contributed by atoms with van der Waals surface area (Å²) in [6, 6.07) is 3.59. The minimum absolute atomic E-state index is 0.0132. The van der Waals surface area contributed by atoms with E-state index in [-0.39, 0.29) is 36.1 Å². The van der Waals surface area contributed by atoms with Crippen LogP contribution in [0.3, 0.4) is 0 Å². The van der Waals surface area contributed by atoms with E-state index in [1.54, 1.807) is 4.57 Å². The van der Waals surface area contributed by atoms with Crippen LogP contribution in [0, 0.1) is 17.8 Å². The van der Waals surface area contributed by atoms with Crippen LogP contribution >= 0.6 is 0 Å². The first-order valence-corrected chi connectivity index (χ1v) is 9.41. The highest BCUT2D eigenvalue weighted by molar-refractivity contribution is 5.75. The summed E-state index contributed by atoms with van der Waals surface area (Å²) in [4.78, 5) is 27.8. The molecular weight excluding hydrogens is 332 g/mol. The number of esters is 1. The number of nitrogens with zero attached hydrogens (tertiary/aromatic N) is 2. The molecule has 1 aliphatic carbocycles. The molecule has 0 amide bonds. The van der Waals surface area contributed by atoms with Crippen molar-refractivity contribution in [3.8, 4) is 0 Å². The number of hydrogen-bond donors (Lipinski definition) is 1. The Morgan fingerprint density at radius 1 is 1.38 bits per heavy atom. The van der Waals surface area contributed by atoms with E-state index in [1.807, 2.05) is 31.2 Å². The Kier molecular flexibility index (Phi) is 4.49. The minimum Gasteiger partial charge on any atom is -0.469 e. The number of carbonyl (C=O) groups excluding carboxylic acids is 1. The summed E-state index contributed by atoms with van der Waals surface area (Å²) in [7, 11) is 1.40. The number of hydrogen-bond acceptors (Lipinski definition) is 5. The molecular formula is C20H26N2O4. The highest BCUT2D eigenvalue weighted by Gasteiger charge is 2.56. The van der Waals surface area contributed by atoms with Crippen LogP contribution in [0.25, 0.3) is 6.08 Å². The van der Waals surface area contributed by atoms with Crippen LogP contribution in [-0.4, -0.2) is 46.8 Å². The van der Waals surface area contributed by atoms with E-state index in [0.717, 1.165) is 12.2 Å². The quantitative estimate of drug-likeness (QED) is 0.806. The number of pyridine rings is 1. The number of ether oxygens (including phenoxy) is 1. The van der Waals surface area contributed by atoms with Gasteiger partial charge in [0.25, 0.3) is 5.56 Å². The third-order valence-corrected chi connectivity index (χ3v) is 6.19. The summed E-state index contributed by atoms with van der Waals surface area (Å²) < 4.78 is 6.88. The molecule has 1 aromatic rings. The SMILES string of the molecule is C/C=C\c1ccc2n(c1=O)C[C@H]1[C@H](CO)[C@@H](C(=O)OC)[C@@H]2N1CC1CC1. The standard InChI is InChI=1S/C20H26N2O4/c1-3-4-13-7-8-15-18-17(20(25)26-2)14(11-23)16(10-22(15)19(13)24)21(18)9-12-5-6-12/h3-4,7-8,12,14,16-18,23H,5-6,9-11H2,1-2H3/b4-3-/t14-,16-,17+,18+/m0/s1. The largest absolute Gasteiger partial charge is 0.469 e. The maximum Gasteiger partial charge on any atom is 0.311 e. The number of aliphatic hydroxyl groups is 1. The van der Waals surface area contributed by atoms with Gasteiger partial charge in [-0.3, -0.25) is 14.5 Å². The molecule has 1 N–H and O–H groups in total. The first-order chi connectivity index (χ1) is 12.6. The van der Waals surface area contributed by atoms with Crippen molar-refractivity contribution in [1.29, 1.82) is 0 Å². The van der Waals surface area contributed by atoms with Crippen molar-refractivity contribution in [2.75, 3.05) is 20.3 Å². The molecule has 6 heteroatoms. The molecule has 0 aromatic carbocycles. The Bertz CT molecular complexity index is 795. The van der Waals surface area contributed by atoms with Crippen molar-refractivity contribution in [3.05, 3.63) is 39.8 Å². The highest BCUT2D eigenvalue weighted by Crippen LogP contribution is 2.50. The zero-order valence-corrected chi connectivity index (χ0v) is 15.3. The summed E-state index contributed by atoms with van der Waals surface area (Å²) in [5.74, 6) is -0.280. The van der Waals surface area contributed by atoms with Gasteiger partial charge in [0, 0.05) is 42.9 Å². The zero-order chi connectivity index (χ0) is 18.4. The molecule has 3 heterocycles. The van der Waals surface area contributed by atoms with Crippen LogP contribution in [0.5, 0.6) is 0 Å². The van der Waals surface area contributed by atoms with Crippen LogP contribution in [0.4, 0.5) is 0 Å². The van der Waals surface area contributed by atoms with Gasteiger partial charge in [-0.2, -0.15) is 0 Å². The van der Waals surface area contributed by atoms with Gasteiger partial charge in [0.2, 0.25) is 0 Å². The first kappa shape index (κ1) is 17.5. The predicted octanol–water partition coefficient (Wildman–Crippen LogP) is 1.43. The summed E-state index contributed by atoms with van der Waals surface area (Å²) in [5.41, 5.74) is 1.50. The van der Waals surface area contributed by atoms with Crippen LogP contribution < -0.4 is 5.56 Å². The molecule has 0 spiro atoms. The van der Waals surface area contributed by atoms with E-state index in [0.29, 0.717) is 18.0 Å². The maximum absolute atomic E-state index is 12.9. The highest BCUT2D eigenvalue weighted by atomic mass is 16.5. The zero-order valence-electron chi connectivity index (χ0n) is 15.3. The number of carbonyl (C=O) groups is 1. The number of rotatable bonds is 5. The topological polar surface area (TPSA) is 71.8 Å². The van der Waals surface area contributed by atoms with Gasteiger partial charge in [-0.1, -0.05) is 12.2 Å². The second-order valence-corrected chi connectivity index (χ2v) is 7.68. The van der Waals surface area contributed by atoms with Gasteiger partial charge in [-0.15, -0.1) is 0 Å². The number of methoxy groups -OCH3 is 1. The molecule has 6 nitrogen and oxygen atoms in total. The predicted molar refractivity (Wildman–Crippen MR) is 97.5 cm³/mol. The van der Waals surface area contributed by atoms with Gasteiger partial charge in [-0.05, 0) is 37.8 Å². The summed E-state index contributed by atoms with van der Waals surface area (Å²) >= 11 is 0. The number of fused-ring (bicyclic) bond motifs is 4. The fraction of sp³-hybridized carbons (Fsp3) is 0.600. The van der Waals surface area contributed by atoms with Crippen molar-refractivity contribution < 1.29 is 14.6 Å². The van der Waals surface area contributed by atoms with Gasteiger partial charge in [0.15, 0.2) is 0 Å². The Morgan fingerprint density at radius 2 is 2.15 bits per heavy atom. The summed E-state index contributed by atoms with van der Waals surface area (Å²) in [5, 5.41) is 10.0. The fourth-order valence-corrected chi connectivity index (χ4v) is 4.80. The van der Waals surface area contributed by atoms with Crippen molar-refractivity contribution in [2.24, 2.45) is 17.8 Å². The Balaban J connectivity index is 1.83. The van der Waals surface area contributed by atoms with E-state index in [4.69, 9.17) is 4.74 Å².